The van der Waals surface area contributed by atoms with Gasteiger partial charge in [0.15, 0.2) is 0 Å². The van der Waals surface area contributed by atoms with E-state index in [0.29, 0.717) is 45.6 Å². The molecular formula is C24H19ClO5. The second-order valence-corrected chi connectivity index (χ2v) is 7.11. The van der Waals surface area contributed by atoms with Crippen LogP contribution in [-0.4, -0.2) is 7.11 Å². The highest BCUT2D eigenvalue weighted by molar-refractivity contribution is 6.30. The number of halogens is 1. The van der Waals surface area contributed by atoms with Crippen molar-refractivity contribution in [2.24, 2.45) is 0 Å². The minimum atomic E-state index is -0.244. The van der Waals surface area contributed by atoms with Gasteiger partial charge in [-0.2, -0.15) is 0 Å². The molecule has 0 aliphatic heterocycles. The van der Waals surface area contributed by atoms with Gasteiger partial charge in [-0.3, -0.25) is 4.79 Å². The number of fused-ring (bicyclic) bond motifs is 1. The molecule has 0 saturated carbocycles. The Labute approximate surface area is 178 Å². The van der Waals surface area contributed by atoms with Gasteiger partial charge in [-0.1, -0.05) is 23.7 Å². The summed E-state index contributed by atoms with van der Waals surface area (Å²) in [5.74, 6) is 2.35. The Bertz CT molecular complexity index is 1240. The van der Waals surface area contributed by atoms with Crippen LogP contribution in [0.3, 0.4) is 0 Å². The summed E-state index contributed by atoms with van der Waals surface area (Å²) in [5.41, 5.74) is 1.14. The van der Waals surface area contributed by atoms with Crippen LogP contribution in [0.5, 0.6) is 23.0 Å². The Morgan fingerprint density at radius 1 is 0.933 bits per heavy atom. The van der Waals surface area contributed by atoms with Crippen molar-refractivity contribution in [2.45, 2.75) is 13.5 Å². The van der Waals surface area contributed by atoms with Crippen LogP contribution >= 0.6 is 11.6 Å². The molecule has 0 radical (unpaired) electrons. The van der Waals surface area contributed by atoms with E-state index in [0.717, 1.165) is 5.56 Å². The molecule has 0 amide bonds. The van der Waals surface area contributed by atoms with Crippen molar-refractivity contribution in [1.29, 1.82) is 0 Å². The Morgan fingerprint density at radius 2 is 1.67 bits per heavy atom. The third-order valence-electron chi connectivity index (χ3n) is 4.56. The van der Waals surface area contributed by atoms with Crippen molar-refractivity contribution in [1.82, 2.24) is 0 Å². The predicted octanol–water partition coefficient (Wildman–Crippen LogP) is 6.13. The summed E-state index contributed by atoms with van der Waals surface area (Å²) in [4.78, 5) is 12.9. The van der Waals surface area contributed by atoms with Crippen LogP contribution < -0.4 is 19.6 Å². The molecule has 0 unspecified atom stereocenters. The first-order valence-electron chi connectivity index (χ1n) is 9.30. The first-order valence-corrected chi connectivity index (χ1v) is 9.68. The molecule has 0 N–H and O–H groups in total. The van der Waals surface area contributed by atoms with Crippen LogP contribution in [0.2, 0.25) is 5.02 Å². The van der Waals surface area contributed by atoms with E-state index < -0.39 is 0 Å². The van der Waals surface area contributed by atoms with Gasteiger partial charge >= 0.3 is 0 Å². The quantitative estimate of drug-likeness (QED) is 0.374. The van der Waals surface area contributed by atoms with Gasteiger partial charge in [0, 0.05) is 11.1 Å². The number of methoxy groups -OCH3 is 1. The van der Waals surface area contributed by atoms with E-state index in [1.54, 1.807) is 56.5 Å². The second kappa shape index (κ2) is 8.51. The number of ether oxygens (including phenoxy) is 3. The SMILES string of the molecule is COc1ccc(Oc2c(C)oc3cc(OCc4cccc(Cl)c4)ccc3c2=O)cc1. The minimum absolute atomic E-state index is 0.153. The lowest BCUT2D eigenvalue weighted by atomic mass is 10.2. The number of rotatable bonds is 6. The third-order valence-corrected chi connectivity index (χ3v) is 4.80. The summed E-state index contributed by atoms with van der Waals surface area (Å²) in [7, 11) is 1.59. The van der Waals surface area contributed by atoms with Crippen molar-refractivity contribution in [3.05, 3.63) is 93.3 Å². The Balaban J connectivity index is 1.59. The molecule has 4 aromatic rings. The zero-order valence-electron chi connectivity index (χ0n) is 16.5. The summed E-state index contributed by atoms with van der Waals surface area (Å²) in [5, 5.41) is 1.07. The molecule has 1 aromatic heterocycles. The van der Waals surface area contributed by atoms with E-state index in [4.69, 9.17) is 30.2 Å². The maximum atomic E-state index is 12.9. The molecule has 0 fully saturated rings. The molecule has 5 nitrogen and oxygen atoms in total. The summed E-state index contributed by atoms with van der Waals surface area (Å²) in [6, 6.07) is 19.5. The lowest BCUT2D eigenvalue weighted by molar-refractivity contribution is 0.306. The summed E-state index contributed by atoms with van der Waals surface area (Å²) >= 11 is 6.00. The molecule has 0 spiro atoms. The maximum absolute atomic E-state index is 12.9. The number of benzene rings is 3. The molecule has 0 aliphatic rings. The van der Waals surface area contributed by atoms with Crippen molar-refractivity contribution < 1.29 is 18.6 Å². The van der Waals surface area contributed by atoms with Gasteiger partial charge in [0.05, 0.1) is 12.5 Å². The Morgan fingerprint density at radius 3 is 2.40 bits per heavy atom. The fourth-order valence-electron chi connectivity index (χ4n) is 3.03. The fraction of sp³-hybridized carbons (Fsp3) is 0.125. The van der Waals surface area contributed by atoms with Gasteiger partial charge in [-0.05, 0) is 61.0 Å². The average molecular weight is 423 g/mol. The van der Waals surface area contributed by atoms with Gasteiger partial charge in [0.2, 0.25) is 11.2 Å². The van der Waals surface area contributed by atoms with Gasteiger partial charge < -0.3 is 18.6 Å². The summed E-state index contributed by atoms with van der Waals surface area (Å²) < 4.78 is 22.6. The van der Waals surface area contributed by atoms with E-state index in [-0.39, 0.29) is 11.2 Å². The minimum Gasteiger partial charge on any atom is -0.497 e. The fourth-order valence-corrected chi connectivity index (χ4v) is 3.24. The first-order chi connectivity index (χ1) is 14.5. The highest BCUT2D eigenvalue weighted by Crippen LogP contribution is 2.28. The van der Waals surface area contributed by atoms with Crippen LogP contribution in [0, 0.1) is 6.92 Å². The lowest BCUT2D eigenvalue weighted by Gasteiger charge is -2.11. The molecule has 0 aliphatic carbocycles. The smallest absolute Gasteiger partial charge is 0.235 e. The normalized spacial score (nSPS) is 10.8. The van der Waals surface area contributed by atoms with Crippen LogP contribution in [0.25, 0.3) is 11.0 Å². The Kier molecular flexibility index (Phi) is 5.63. The summed E-state index contributed by atoms with van der Waals surface area (Å²) in [6.45, 7) is 2.05. The van der Waals surface area contributed by atoms with Gasteiger partial charge in [-0.25, -0.2) is 0 Å². The maximum Gasteiger partial charge on any atom is 0.235 e. The van der Waals surface area contributed by atoms with Crippen LogP contribution in [0.15, 0.2) is 75.9 Å². The Hall–Kier alpha value is -3.44. The monoisotopic (exact) mass is 422 g/mol. The van der Waals surface area contributed by atoms with E-state index in [1.807, 2.05) is 24.3 Å². The summed E-state index contributed by atoms with van der Waals surface area (Å²) in [6.07, 6.45) is 0. The third kappa shape index (κ3) is 4.26. The highest BCUT2D eigenvalue weighted by Gasteiger charge is 2.15. The molecule has 30 heavy (non-hydrogen) atoms. The van der Waals surface area contributed by atoms with E-state index >= 15 is 0 Å². The predicted molar refractivity (Wildman–Crippen MR) is 116 cm³/mol. The molecule has 1 heterocycles. The van der Waals surface area contributed by atoms with E-state index in [9.17, 15) is 4.79 Å². The van der Waals surface area contributed by atoms with Crippen LogP contribution in [0.1, 0.15) is 11.3 Å². The first kappa shape index (κ1) is 19.9. The van der Waals surface area contributed by atoms with Gasteiger partial charge in [0.25, 0.3) is 0 Å². The van der Waals surface area contributed by atoms with Crippen molar-refractivity contribution in [3.63, 3.8) is 0 Å². The number of hydrogen-bond donors (Lipinski definition) is 0. The molecule has 0 saturated heterocycles. The van der Waals surface area contributed by atoms with Crippen LogP contribution in [0.4, 0.5) is 0 Å². The molecule has 6 heteroatoms. The zero-order valence-corrected chi connectivity index (χ0v) is 17.2. The largest absolute Gasteiger partial charge is 0.497 e. The van der Waals surface area contributed by atoms with Crippen molar-refractivity contribution >= 4 is 22.6 Å². The topological polar surface area (TPSA) is 57.9 Å². The van der Waals surface area contributed by atoms with Gasteiger partial charge in [-0.15, -0.1) is 0 Å². The second-order valence-electron chi connectivity index (χ2n) is 6.67. The number of hydrogen-bond acceptors (Lipinski definition) is 5. The van der Waals surface area contributed by atoms with Crippen molar-refractivity contribution in [3.8, 4) is 23.0 Å². The molecule has 0 bridgehead atoms. The average Bonchev–Trinajstić information content (AvgIpc) is 2.75. The van der Waals surface area contributed by atoms with Crippen molar-refractivity contribution in [2.75, 3.05) is 7.11 Å². The molecule has 0 atom stereocenters. The lowest BCUT2D eigenvalue weighted by Crippen LogP contribution is -2.07. The zero-order chi connectivity index (χ0) is 21.1. The van der Waals surface area contributed by atoms with E-state index in [1.165, 1.54) is 0 Å². The molecule has 4 rings (SSSR count). The molecule has 3 aromatic carbocycles. The molecule has 152 valence electrons. The number of aryl methyl sites for hydroxylation is 1. The molecular weight excluding hydrogens is 404 g/mol. The standard InChI is InChI=1S/C24H19ClO5/c1-15-24(30-19-8-6-18(27-2)7-9-19)23(26)21-11-10-20(13-22(21)29-15)28-14-16-4-3-5-17(25)12-16/h3-13H,14H2,1-2H3. The van der Waals surface area contributed by atoms with E-state index in [2.05, 4.69) is 0 Å². The van der Waals surface area contributed by atoms with Gasteiger partial charge in [0.1, 0.15) is 35.2 Å². The van der Waals surface area contributed by atoms with Crippen LogP contribution in [-0.2, 0) is 6.61 Å². The highest BCUT2D eigenvalue weighted by atomic mass is 35.5.